The number of nitrogens with zero attached hydrogens (tertiary/aromatic N) is 3. The normalized spacial score (nSPS) is 10.1. The van der Waals surface area contributed by atoms with E-state index in [9.17, 15) is 14.9 Å². The van der Waals surface area contributed by atoms with Gasteiger partial charge in [0.2, 0.25) is 5.95 Å². The van der Waals surface area contributed by atoms with Gasteiger partial charge in [0, 0.05) is 11.6 Å². The average molecular weight is 298 g/mol. The number of aromatic amines is 1. The maximum absolute atomic E-state index is 11.9. The van der Waals surface area contributed by atoms with E-state index < -0.39 is 10.8 Å². The maximum atomic E-state index is 11.9. The highest BCUT2D eigenvalue weighted by molar-refractivity contribution is 6.32. The number of carbonyl (C=O) groups is 1. The lowest BCUT2D eigenvalue weighted by Gasteiger charge is -2.02. The van der Waals surface area contributed by atoms with E-state index >= 15 is 0 Å². The second-order valence-electron chi connectivity index (χ2n) is 3.55. The van der Waals surface area contributed by atoms with Crippen molar-refractivity contribution in [2.24, 2.45) is 0 Å². The summed E-state index contributed by atoms with van der Waals surface area (Å²) in [5.41, 5.74) is -0.286. The molecule has 0 aliphatic heterocycles. The molecule has 0 aliphatic rings. The van der Waals surface area contributed by atoms with Gasteiger partial charge in [0.25, 0.3) is 11.6 Å². The number of methoxy groups -OCH3 is 1. The fraction of sp³-hybridized carbons (Fsp3) is 0.100. The van der Waals surface area contributed by atoms with Crippen molar-refractivity contribution in [3.8, 4) is 6.01 Å². The number of rotatable bonds is 4. The van der Waals surface area contributed by atoms with Gasteiger partial charge in [-0.2, -0.15) is 4.98 Å². The predicted octanol–water partition coefficient (Wildman–Crippen LogP) is 1.63. The largest absolute Gasteiger partial charge is 0.466 e. The number of hydrogen-bond donors (Lipinski definition) is 2. The lowest BCUT2D eigenvalue weighted by Crippen LogP contribution is -2.13. The lowest BCUT2D eigenvalue weighted by atomic mass is 10.2. The topological polar surface area (TPSA) is 123 Å². The van der Waals surface area contributed by atoms with Crippen molar-refractivity contribution < 1.29 is 14.5 Å². The molecule has 0 bridgehead atoms. The molecule has 2 rings (SSSR count). The molecule has 0 fully saturated rings. The molecule has 1 aromatic carbocycles. The first kappa shape index (κ1) is 13.7. The third-order valence-electron chi connectivity index (χ3n) is 2.28. The first-order chi connectivity index (χ1) is 9.51. The van der Waals surface area contributed by atoms with Gasteiger partial charge in [0.1, 0.15) is 5.02 Å². The van der Waals surface area contributed by atoms with Crippen molar-refractivity contribution in [2.45, 2.75) is 0 Å². The molecule has 0 radical (unpaired) electrons. The summed E-state index contributed by atoms with van der Waals surface area (Å²) in [5, 5.41) is 19.1. The molecule has 9 nitrogen and oxygen atoms in total. The summed E-state index contributed by atoms with van der Waals surface area (Å²) in [7, 11) is 1.37. The van der Waals surface area contributed by atoms with Crippen molar-refractivity contribution in [1.82, 2.24) is 15.2 Å². The Morgan fingerprint density at radius 3 is 2.90 bits per heavy atom. The summed E-state index contributed by atoms with van der Waals surface area (Å²) in [6.07, 6.45) is 0. The number of anilines is 1. The Morgan fingerprint density at radius 1 is 1.55 bits per heavy atom. The second-order valence-corrected chi connectivity index (χ2v) is 3.96. The summed E-state index contributed by atoms with van der Waals surface area (Å²) in [6.45, 7) is 0. The Morgan fingerprint density at radius 2 is 2.30 bits per heavy atom. The summed E-state index contributed by atoms with van der Waals surface area (Å²) >= 11 is 5.66. The molecule has 10 heteroatoms. The number of ether oxygens (including phenoxy) is 1. The van der Waals surface area contributed by atoms with Gasteiger partial charge in [-0.15, -0.1) is 5.10 Å². The van der Waals surface area contributed by atoms with Crippen LogP contribution in [0.4, 0.5) is 11.6 Å². The number of benzene rings is 1. The van der Waals surface area contributed by atoms with Crippen LogP contribution in [0.25, 0.3) is 0 Å². The summed E-state index contributed by atoms with van der Waals surface area (Å²) in [5.74, 6) is -0.534. The van der Waals surface area contributed by atoms with Gasteiger partial charge in [0.15, 0.2) is 0 Å². The number of H-pyrrole nitrogens is 1. The summed E-state index contributed by atoms with van der Waals surface area (Å²) < 4.78 is 4.74. The van der Waals surface area contributed by atoms with Crippen LogP contribution in [0, 0.1) is 10.1 Å². The third-order valence-corrected chi connectivity index (χ3v) is 2.60. The minimum atomic E-state index is -0.670. The van der Waals surface area contributed by atoms with E-state index in [1.807, 2.05) is 0 Å². The van der Waals surface area contributed by atoms with Gasteiger partial charge in [-0.3, -0.25) is 20.2 Å². The minimum absolute atomic E-state index is 0.0483. The maximum Gasteiger partial charge on any atom is 0.336 e. The average Bonchev–Trinajstić information content (AvgIpc) is 2.86. The molecule has 2 aromatic rings. The zero-order valence-electron chi connectivity index (χ0n) is 10.1. The highest BCUT2D eigenvalue weighted by Gasteiger charge is 2.17. The van der Waals surface area contributed by atoms with Crippen LogP contribution in [0.3, 0.4) is 0 Å². The fourth-order valence-electron chi connectivity index (χ4n) is 1.37. The predicted molar refractivity (Wildman–Crippen MR) is 69.0 cm³/mol. The number of aromatic nitrogens is 3. The van der Waals surface area contributed by atoms with Gasteiger partial charge in [-0.1, -0.05) is 11.6 Å². The van der Waals surface area contributed by atoms with Crippen molar-refractivity contribution in [3.63, 3.8) is 0 Å². The molecular weight excluding hydrogens is 290 g/mol. The van der Waals surface area contributed by atoms with E-state index in [1.54, 1.807) is 0 Å². The lowest BCUT2D eigenvalue weighted by molar-refractivity contribution is -0.384. The number of nitro benzene ring substituents is 1. The molecule has 1 aromatic heterocycles. The van der Waals surface area contributed by atoms with Gasteiger partial charge in [-0.05, 0) is 12.1 Å². The highest BCUT2D eigenvalue weighted by Crippen LogP contribution is 2.25. The number of amides is 1. The molecule has 20 heavy (non-hydrogen) atoms. The van der Waals surface area contributed by atoms with Crippen molar-refractivity contribution in [1.29, 1.82) is 0 Å². The van der Waals surface area contributed by atoms with Gasteiger partial charge in [0.05, 0.1) is 12.0 Å². The molecule has 0 aliphatic carbocycles. The molecule has 0 saturated heterocycles. The summed E-state index contributed by atoms with van der Waals surface area (Å²) in [4.78, 5) is 25.8. The van der Waals surface area contributed by atoms with E-state index in [1.165, 1.54) is 19.2 Å². The van der Waals surface area contributed by atoms with E-state index in [0.29, 0.717) is 0 Å². The number of carbonyl (C=O) groups excluding carboxylic acids is 1. The Kier molecular flexibility index (Phi) is 3.80. The van der Waals surface area contributed by atoms with Crippen molar-refractivity contribution >= 4 is 29.1 Å². The van der Waals surface area contributed by atoms with Crippen LogP contribution in [-0.4, -0.2) is 33.1 Å². The zero-order valence-corrected chi connectivity index (χ0v) is 10.8. The van der Waals surface area contributed by atoms with Gasteiger partial charge in [-0.25, -0.2) is 5.10 Å². The molecule has 0 atom stereocenters. The van der Waals surface area contributed by atoms with Crippen LogP contribution in [-0.2, 0) is 0 Å². The van der Waals surface area contributed by atoms with Crippen LogP contribution in [0.2, 0.25) is 5.02 Å². The smallest absolute Gasteiger partial charge is 0.336 e. The molecule has 2 N–H and O–H groups in total. The SMILES string of the molecule is COc1n[nH]c(NC(=O)c2ccc(Cl)c([N+](=O)[O-])c2)n1. The Hall–Kier alpha value is -2.68. The van der Waals surface area contributed by atoms with Crippen LogP contribution in [0.1, 0.15) is 10.4 Å². The molecule has 1 heterocycles. The molecule has 0 spiro atoms. The first-order valence-electron chi connectivity index (χ1n) is 5.23. The number of nitro groups is 1. The minimum Gasteiger partial charge on any atom is -0.466 e. The van der Waals surface area contributed by atoms with Crippen LogP contribution in [0.15, 0.2) is 18.2 Å². The fourth-order valence-corrected chi connectivity index (χ4v) is 1.55. The number of halogens is 1. The Bertz CT molecular complexity index is 671. The van der Waals surface area contributed by atoms with Crippen LogP contribution in [0.5, 0.6) is 6.01 Å². The van der Waals surface area contributed by atoms with E-state index in [0.717, 1.165) is 6.07 Å². The quantitative estimate of drug-likeness (QED) is 0.653. The highest BCUT2D eigenvalue weighted by atomic mass is 35.5. The molecule has 104 valence electrons. The molecule has 0 unspecified atom stereocenters. The van der Waals surface area contributed by atoms with E-state index in [4.69, 9.17) is 16.3 Å². The van der Waals surface area contributed by atoms with E-state index in [2.05, 4.69) is 20.5 Å². The number of hydrogen-bond acceptors (Lipinski definition) is 6. The zero-order chi connectivity index (χ0) is 14.7. The Labute approximate surface area is 117 Å². The Balaban J connectivity index is 2.21. The first-order valence-corrected chi connectivity index (χ1v) is 5.60. The van der Waals surface area contributed by atoms with Crippen LogP contribution >= 0.6 is 11.6 Å². The standard InChI is InChI=1S/C10H8ClN5O4/c1-20-10-13-9(14-15-10)12-8(17)5-2-3-6(11)7(4-5)16(18)19/h2-4H,1H3,(H2,12,13,14,15,17). The van der Waals surface area contributed by atoms with Gasteiger partial charge < -0.3 is 4.74 Å². The van der Waals surface area contributed by atoms with Gasteiger partial charge >= 0.3 is 6.01 Å². The third kappa shape index (κ3) is 2.83. The molecular formula is C10H8ClN5O4. The number of nitrogens with one attached hydrogen (secondary N) is 2. The van der Waals surface area contributed by atoms with Crippen molar-refractivity contribution in [3.05, 3.63) is 38.9 Å². The van der Waals surface area contributed by atoms with Crippen LogP contribution < -0.4 is 10.1 Å². The van der Waals surface area contributed by atoms with E-state index in [-0.39, 0.29) is 28.2 Å². The molecule has 0 saturated carbocycles. The van der Waals surface area contributed by atoms with Crippen molar-refractivity contribution in [2.75, 3.05) is 12.4 Å². The summed E-state index contributed by atoms with van der Waals surface area (Å²) in [6, 6.07) is 3.77. The second kappa shape index (κ2) is 5.53. The molecule has 1 amide bonds. The monoisotopic (exact) mass is 297 g/mol.